The average Bonchev–Trinajstić information content (AvgIpc) is 2.45. The number of nitrogens with one attached hydrogen (secondary N) is 1. The number of halogens is 1. The third-order valence-corrected chi connectivity index (χ3v) is 4.39. The van der Waals surface area contributed by atoms with Crippen LogP contribution in [0.4, 0.5) is 10.1 Å². The van der Waals surface area contributed by atoms with Crippen LogP contribution in [-0.2, 0) is 0 Å². The molecule has 0 fully saturated rings. The standard InChI is InChI=1S/C19H18FNO2/c1-10-9-19(2,3)21-14-7-6-13-12-5-4-11(20)8-15(12)23-18(22)17(13)16(10)14/h4-9,18,21-22H,1-3H3/t18-/m1/s1. The highest BCUT2D eigenvalue weighted by Crippen LogP contribution is 2.48. The molecule has 0 radical (unpaired) electrons. The second kappa shape index (κ2) is 4.59. The van der Waals surface area contributed by atoms with E-state index in [2.05, 4.69) is 25.2 Å². The number of anilines is 1. The molecule has 0 spiro atoms. The zero-order valence-corrected chi connectivity index (χ0v) is 13.3. The Balaban J connectivity index is 1.99. The van der Waals surface area contributed by atoms with E-state index in [9.17, 15) is 9.50 Å². The van der Waals surface area contributed by atoms with E-state index in [1.165, 1.54) is 12.1 Å². The largest absolute Gasteiger partial charge is 0.460 e. The summed E-state index contributed by atoms with van der Waals surface area (Å²) in [6, 6.07) is 8.38. The molecule has 2 aromatic carbocycles. The fourth-order valence-electron chi connectivity index (χ4n) is 3.63. The van der Waals surface area contributed by atoms with Gasteiger partial charge in [0.25, 0.3) is 0 Å². The van der Waals surface area contributed by atoms with Crippen molar-refractivity contribution in [2.24, 2.45) is 0 Å². The maximum absolute atomic E-state index is 13.4. The van der Waals surface area contributed by atoms with Crippen LogP contribution in [0.5, 0.6) is 5.75 Å². The average molecular weight is 311 g/mol. The van der Waals surface area contributed by atoms with E-state index in [1.54, 1.807) is 6.07 Å². The molecule has 2 heterocycles. The monoisotopic (exact) mass is 311 g/mol. The lowest BCUT2D eigenvalue weighted by Crippen LogP contribution is -2.32. The Bertz CT molecular complexity index is 855. The smallest absolute Gasteiger partial charge is 0.225 e. The molecule has 2 aromatic rings. The Hall–Kier alpha value is -2.33. The molecular formula is C19H18FNO2. The van der Waals surface area contributed by atoms with Gasteiger partial charge in [-0.1, -0.05) is 12.1 Å². The van der Waals surface area contributed by atoms with Gasteiger partial charge >= 0.3 is 0 Å². The number of allylic oxidation sites excluding steroid dienone is 1. The minimum Gasteiger partial charge on any atom is -0.460 e. The maximum Gasteiger partial charge on any atom is 0.225 e. The highest BCUT2D eigenvalue weighted by Gasteiger charge is 2.32. The van der Waals surface area contributed by atoms with Crippen molar-refractivity contribution < 1.29 is 14.2 Å². The van der Waals surface area contributed by atoms with E-state index in [0.29, 0.717) is 5.75 Å². The van der Waals surface area contributed by atoms with Gasteiger partial charge in [0.1, 0.15) is 11.6 Å². The third-order valence-electron chi connectivity index (χ3n) is 4.39. The lowest BCUT2D eigenvalue weighted by atomic mass is 9.84. The highest BCUT2D eigenvalue weighted by atomic mass is 19.1. The number of rotatable bonds is 0. The van der Waals surface area contributed by atoms with Crippen LogP contribution < -0.4 is 10.1 Å². The SMILES string of the molecule is CC1=CC(C)(C)Nc2ccc3c(c21)[C@H](O)Oc1cc(F)ccc1-3. The van der Waals surface area contributed by atoms with Crippen LogP contribution in [0, 0.1) is 5.82 Å². The van der Waals surface area contributed by atoms with Crippen molar-refractivity contribution >= 4 is 11.3 Å². The molecule has 23 heavy (non-hydrogen) atoms. The zero-order valence-electron chi connectivity index (χ0n) is 13.3. The molecule has 3 nitrogen and oxygen atoms in total. The van der Waals surface area contributed by atoms with E-state index in [-0.39, 0.29) is 11.4 Å². The van der Waals surface area contributed by atoms with Crippen LogP contribution in [0.15, 0.2) is 36.4 Å². The number of aliphatic hydroxyl groups is 1. The van der Waals surface area contributed by atoms with Gasteiger partial charge in [-0.05, 0) is 50.1 Å². The Morgan fingerprint density at radius 2 is 1.91 bits per heavy atom. The summed E-state index contributed by atoms with van der Waals surface area (Å²) < 4.78 is 19.0. The number of aliphatic hydroxyl groups excluding tert-OH is 1. The molecule has 0 aromatic heterocycles. The summed E-state index contributed by atoms with van der Waals surface area (Å²) in [6.45, 7) is 6.24. The molecule has 0 unspecified atom stereocenters. The number of benzene rings is 2. The molecule has 0 amide bonds. The van der Waals surface area contributed by atoms with Crippen LogP contribution in [0.1, 0.15) is 38.2 Å². The van der Waals surface area contributed by atoms with Gasteiger partial charge in [0.15, 0.2) is 0 Å². The summed E-state index contributed by atoms with van der Waals surface area (Å²) in [5.74, 6) is -0.00691. The van der Waals surface area contributed by atoms with Crippen LogP contribution in [-0.4, -0.2) is 10.6 Å². The zero-order chi connectivity index (χ0) is 16.4. The third kappa shape index (κ3) is 2.13. The molecule has 2 aliphatic heterocycles. The molecule has 0 saturated heterocycles. The van der Waals surface area contributed by atoms with E-state index in [1.807, 2.05) is 19.1 Å². The Labute approximate surface area is 134 Å². The first-order chi connectivity index (χ1) is 10.9. The van der Waals surface area contributed by atoms with Gasteiger partial charge in [-0.15, -0.1) is 0 Å². The van der Waals surface area contributed by atoms with Crippen molar-refractivity contribution in [1.82, 2.24) is 0 Å². The predicted octanol–water partition coefficient (Wildman–Crippen LogP) is 4.48. The van der Waals surface area contributed by atoms with E-state index < -0.39 is 6.29 Å². The summed E-state index contributed by atoms with van der Waals surface area (Å²) in [6.07, 6.45) is 1.03. The lowest BCUT2D eigenvalue weighted by molar-refractivity contribution is -0.0216. The highest BCUT2D eigenvalue weighted by molar-refractivity contribution is 5.89. The predicted molar refractivity (Wildman–Crippen MR) is 88.8 cm³/mol. The van der Waals surface area contributed by atoms with Crippen molar-refractivity contribution in [2.75, 3.05) is 5.32 Å². The maximum atomic E-state index is 13.4. The van der Waals surface area contributed by atoms with Crippen molar-refractivity contribution in [3.63, 3.8) is 0 Å². The van der Waals surface area contributed by atoms with E-state index >= 15 is 0 Å². The fraction of sp³-hybridized carbons (Fsp3) is 0.263. The Kier molecular flexibility index (Phi) is 2.85. The quantitative estimate of drug-likeness (QED) is 0.753. The molecule has 2 aliphatic rings. The van der Waals surface area contributed by atoms with Crippen LogP contribution in [0.2, 0.25) is 0 Å². The van der Waals surface area contributed by atoms with Crippen molar-refractivity contribution in [1.29, 1.82) is 0 Å². The topological polar surface area (TPSA) is 41.5 Å². The van der Waals surface area contributed by atoms with Gasteiger partial charge in [0.2, 0.25) is 6.29 Å². The van der Waals surface area contributed by atoms with E-state index in [0.717, 1.165) is 33.5 Å². The summed E-state index contributed by atoms with van der Waals surface area (Å²) in [5.41, 5.74) is 5.30. The molecule has 0 aliphatic carbocycles. The minimum absolute atomic E-state index is 0.146. The van der Waals surface area contributed by atoms with Gasteiger partial charge in [-0.3, -0.25) is 0 Å². The van der Waals surface area contributed by atoms with Crippen molar-refractivity contribution in [2.45, 2.75) is 32.6 Å². The number of ether oxygens (including phenoxy) is 1. The van der Waals surface area contributed by atoms with Gasteiger partial charge in [-0.2, -0.15) is 0 Å². The van der Waals surface area contributed by atoms with Gasteiger partial charge in [0, 0.05) is 28.4 Å². The van der Waals surface area contributed by atoms with Crippen molar-refractivity contribution in [3.05, 3.63) is 53.4 Å². The Morgan fingerprint density at radius 1 is 1.17 bits per heavy atom. The summed E-state index contributed by atoms with van der Waals surface area (Å²) >= 11 is 0. The van der Waals surface area contributed by atoms with Crippen LogP contribution >= 0.6 is 0 Å². The number of fused-ring (bicyclic) bond motifs is 5. The Morgan fingerprint density at radius 3 is 2.70 bits per heavy atom. The molecule has 2 N–H and O–H groups in total. The fourth-order valence-corrected chi connectivity index (χ4v) is 3.63. The molecule has 1 atom stereocenters. The molecule has 0 saturated carbocycles. The van der Waals surface area contributed by atoms with Crippen LogP contribution in [0.25, 0.3) is 16.7 Å². The van der Waals surface area contributed by atoms with Crippen molar-refractivity contribution in [3.8, 4) is 16.9 Å². The summed E-state index contributed by atoms with van der Waals surface area (Å²) in [4.78, 5) is 0. The molecule has 0 bridgehead atoms. The first-order valence-electron chi connectivity index (χ1n) is 7.65. The number of hydrogen-bond acceptors (Lipinski definition) is 3. The van der Waals surface area contributed by atoms with Gasteiger partial charge in [0.05, 0.1) is 5.54 Å². The molecule has 118 valence electrons. The van der Waals surface area contributed by atoms with Gasteiger partial charge in [-0.25, -0.2) is 4.39 Å². The summed E-state index contributed by atoms with van der Waals surface area (Å²) in [7, 11) is 0. The lowest BCUT2D eigenvalue weighted by Gasteiger charge is -2.35. The first-order valence-corrected chi connectivity index (χ1v) is 7.65. The molecule has 4 rings (SSSR count). The van der Waals surface area contributed by atoms with Gasteiger partial charge < -0.3 is 15.2 Å². The first kappa shape index (κ1) is 14.3. The minimum atomic E-state index is -1.11. The molecule has 4 heteroatoms. The normalized spacial score (nSPS) is 20.4. The second-order valence-corrected chi connectivity index (χ2v) is 6.73. The van der Waals surface area contributed by atoms with Crippen LogP contribution in [0.3, 0.4) is 0 Å². The van der Waals surface area contributed by atoms with E-state index in [4.69, 9.17) is 4.74 Å². The number of hydrogen-bond donors (Lipinski definition) is 2. The second-order valence-electron chi connectivity index (χ2n) is 6.73. The summed E-state index contributed by atoms with van der Waals surface area (Å²) in [5, 5.41) is 14.0. The molecular weight excluding hydrogens is 293 g/mol.